The Labute approximate surface area is 106 Å². The van der Waals surface area contributed by atoms with Gasteiger partial charge in [-0.25, -0.2) is 0 Å². The van der Waals surface area contributed by atoms with Gasteiger partial charge < -0.3 is 11.1 Å². The van der Waals surface area contributed by atoms with Crippen molar-refractivity contribution in [3.8, 4) is 0 Å². The predicted molar refractivity (Wildman–Crippen MR) is 75.0 cm³/mol. The van der Waals surface area contributed by atoms with Crippen molar-refractivity contribution in [1.82, 2.24) is 5.32 Å². The number of nitrogens with two attached hydrogens (primary N) is 1. The average Bonchev–Trinajstić information content (AvgIpc) is 2.36. The quantitative estimate of drug-likeness (QED) is 0.794. The maximum Gasteiger partial charge on any atom is 0.0301 e. The number of nitrogens with one attached hydrogen (secondary N) is 1. The minimum Gasteiger partial charge on any atom is -0.329 e. The van der Waals surface area contributed by atoms with Crippen molar-refractivity contribution in [3.05, 3.63) is 35.4 Å². The van der Waals surface area contributed by atoms with Crippen LogP contribution in [0.5, 0.6) is 0 Å². The Morgan fingerprint density at radius 1 is 1.24 bits per heavy atom. The highest BCUT2D eigenvalue weighted by molar-refractivity contribution is 5.27. The van der Waals surface area contributed by atoms with Gasteiger partial charge in [-0.2, -0.15) is 0 Å². The number of aryl methyl sites for hydroxylation is 1. The fraction of sp³-hybridized carbons (Fsp3) is 0.600. The van der Waals surface area contributed by atoms with Gasteiger partial charge in [0.1, 0.15) is 0 Å². The third-order valence-electron chi connectivity index (χ3n) is 3.88. The monoisotopic (exact) mass is 234 g/mol. The van der Waals surface area contributed by atoms with Crippen LogP contribution in [0.3, 0.4) is 0 Å². The molecule has 0 saturated carbocycles. The van der Waals surface area contributed by atoms with E-state index in [0.717, 1.165) is 13.0 Å². The lowest BCUT2D eigenvalue weighted by molar-refractivity contribution is 0.267. The summed E-state index contributed by atoms with van der Waals surface area (Å²) in [5, 5.41) is 3.61. The van der Waals surface area contributed by atoms with Gasteiger partial charge in [-0.05, 0) is 30.4 Å². The van der Waals surface area contributed by atoms with Gasteiger partial charge in [0.15, 0.2) is 0 Å². The standard InChI is InChI=1S/C15H26N2/c1-5-13-8-6-7-9-14(13)10-17-15(4,11-16)12(2)3/h6-9,12,17H,5,10-11,16H2,1-4H3. The van der Waals surface area contributed by atoms with Crippen LogP contribution in [0.15, 0.2) is 24.3 Å². The first kappa shape index (κ1) is 14.2. The molecule has 1 rings (SSSR count). The van der Waals surface area contributed by atoms with Crippen molar-refractivity contribution in [2.24, 2.45) is 11.7 Å². The molecule has 2 heteroatoms. The van der Waals surface area contributed by atoms with Gasteiger partial charge in [0.05, 0.1) is 0 Å². The van der Waals surface area contributed by atoms with Gasteiger partial charge in [-0.1, -0.05) is 45.0 Å². The Hall–Kier alpha value is -0.860. The molecule has 0 aromatic heterocycles. The molecule has 0 heterocycles. The van der Waals surface area contributed by atoms with Gasteiger partial charge in [0, 0.05) is 18.6 Å². The van der Waals surface area contributed by atoms with Crippen LogP contribution in [0.4, 0.5) is 0 Å². The van der Waals surface area contributed by atoms with Gasteiger partial charge in [-0.3, -0.25) is 0 Å². The zero-order chi connectivity index (χ0) is 12.9. The summed E-state index contributed by atoms with van der Waals surface area (Å²) >= 11 is 0. The molecular weight excluding hydrogens is 208 g/mol. The maximum atomic E-state index is 5.88. The fourth-order valence-electron chi connectivity index (χ4n) is 1.88. The van der Waals surface area contributed by atoms with E-state index in [1.165, 1.54) is 11.1 Å². The van der Waals surface area contributed by atoms with E-state index in [9.17, 15) is 0 Å². The van der Waals surface area contributed by atoms with Gasteiger partial charge in [0.2, 0.25) is 0 Å². The van der Waals surface area contributed by atoms with E-state index in [1.54, 1.807) is 0 Å². The topological polar surface area (TPSA) is 38.0 Å². The molecule has 2 nitrogen and oxygen atoms in total. The molecule has 0 radical (unpaired) electrons. The van der Waals surface area contributed by atoms with E-state index in [4.69, 9.17) is 5.73 Å². The number of rotatable bonds is 6. The molecule has 1 atom stereocenters. The summed E-state index contributed by atoms with van der Waals surface area (Å²) in [5.74, 6) is 0.529. The first-order valence-electron chi connectivity index (χ1n) is 6.55. The highest BCUT2D eigenvalue weighted by Crippen LogP contribution is 2.17. The highest BCUT2D eigenvalue weighted by atomic mass is 15.0. The second-order valence-corrected chi connectivity index (χ2v) is 5.25. The first-order chi connectivity index (χ1) is 8.03. The average molecular weight is 234 g/mol. The number of benzene rings is 1. The Bertz CT molecular complexity index is 347. The molecule has 0 aliphatic rings. The molecule has 17 heavy (non-hydrogen) atoms. The van der Waals surface area contributed by atoms with Crippen molar-refractivity contribution >= 4 is 0 Å². The third kappa shape index (κ3) is 3.55. The van der Waals surface area contributed by atoms with Crippen molar-refractivity contribution in [2.75, 3.05) is 6.54 Å². The molecule has 0 aliphatic heterocycles. The molecule has 0 amide bonds. The van der Waals surface area contributed by atoms with E-state index in [0.29, 0.717) is 12.5 Å². The van der Waals surface area contributed by atoms with E-state index >= 15 is 0 Å². The molecular formula is C15H26N2. The Kier molecular flexibility index (Phi) is 5.16. The van der Waals surface area contributed by atoms with Crippen LogP contribution in [0.2, 0.25) is 0 Å². The summed E-state index contributed by atoms with van der Waals surface area (Å²) in [6.07, 6.45) is 1.08. The molecule has 3 N–H and O–H groups in total. The summed E-state index contributed by atoms with van der Waals surface area (Å²) in [7, 11) is 0. The summed E-state index contributed by atoms with van der Waals surface area (Å²) in [5.41, 5.74) is 8.70. The SMILES string of the molecule is CCc1ccccc1CNC(C)(CN)C(C)C. The summed E-state index contributed by atoms with van der Waals surface area (Å²) in [4.78, 5) is 0. The lowest BCUT2D eigenvalue weighted by Gasteiger charge is -2.34. The second-order valence-electron chi connectivity index (χ2n) is 5.25. The zero-order valence-electron chi connectivity index (χ0n) is 11.6. The highest BCUT2D eigenvalue weighted by Gasteiger charge is 2.25. The van der Waals surface area contributed by atoms with Crippen LogP contribution in [0.25, 0.3) is 0 Å². The molecule has 0 spiro atoms. The second kappa shape index (κ2) is 6.18. The fourth-order valence-corrected chi connectivity index (χ4v) is 1.88. The maximum absolute atomic E-state index is 5.88. The zero-order valence-corrected chi connectivity index (χ0v) is 11.6. The molecule has 0 saturated heterocycles. The summed E-state index contributed by atoms with van der Waals surface area (Å²) in [6, 6.07) is 8.60. The predicted octanol–water partition coefficient (Wildman–Crippen LogP) is 2.71. The summed E-state index contributed by atoms with van der Waals surface area (Å²) < 4.78 is 0. The molecule has 1 aromatic rings. The van der Waals surface area contributed by atoms with Gasteiger partial charge >= 0.3 is 0 Å². The smallest absolute Gasteiger partial charge is 0.0301 e. The first-order valence-corrected chi connectivity index (χ1v) is 6.55. The van der Waals surface area contributed by atoms with E-state index in [-0.39, 0.29) is 5.54 Å². The van der Waals surface area contributed by atoms with Crippen LogP contribution in [-0.2, 0) is 13.0 Å². The molecule has 96 valence electrons. The Morgan fingerprint density at radius 3 is 2.29 bits per heavy atom. The van der Waals surface area contributed by atoms with E-state index < -0.39 is 0 Å². The molecule has 1 unspecified atom stereocenters. The lowest BCUT2D eigenvalue weighted by atomic mass is 9.88. The van der Waals surface area contributed by atoms with Crippen LogP contribution in [0.1, 0.15) is 38.8 Å². The molecule has 0 aliphatic carbocycles. The minimum atomic E-state index is 0.0147. The van der Waals surface area contributed by atoms with Gasteiger partial charge in [0.25, 0.3) is 0 Å². The van der Waals surface area contributed by atoms with Gasteiger partial charge in [-0.15, -0.1) is 0 Å². The van der Waals surface area contributed by atoms with Crippen LogP contribution in [-0.4, -0.2) is 12.1 Å². The van der Waals surface area contributed by atoms with Crippen LogP contribution < -0.4 is 11.1 Å². The minimum absolute atomic E-state index is 0.0147. The van der Waals surface area contributed by atoms with E-state index in [2.05, 4.69) is 57.3 Å². The number of hydrogen-bond acceptors (Lipinski definition) is 2. The summed E-state index contributed by atoms with van der Waals surface area (Å²) in [6.45, 7) is 10.4. The normalized spacial score (nSPS) is 14.9. The van der Waals surface area contributed by atoms with Crippen molar-refractivity contribution < 1.29 is 0 Å². The third-order valence-corrected chi connectivity index (χ3v) is 3.88. The largest absolute Gasteiger partial charge is 0.329 e. The van der Waals surface area contributed by atoms with Crippen LogP contribution in [0, 0.1) is 5.92 Å². The number of hydrogen-bond donors (Lipinski definition) is 2. The Balaban J connectivity index is 2.72. The van der Waals surface area contributed by atoms with Crippen LogP contribution >= 0.6 is 0 Å². The lowest BCUT2D eigenvalue weighted by Crippen LogP contribution is -2.52. The van der Waals surface area contributed by atoms with Crippen molar-refractivity contribution in [1.29, 1.82) is 0 Å². The molecule has 1 aromatic carbocycles. The van der Waals surface area contributed by atoms with Crippen molar-refractivity contribution in [3.63, 3.8) is 0 Å². The van der Waals surface area contributed by atoms with Crippen molar-refractivity contribution in [2.45, 2.75) is 46.2 Å². The van der Waals surface area contributed by atoms with E-state index in [1.807, 2.05) is 0 Å². The molecule has 0 bridgehead atoms. The molecule has 0 fully saturated rings. The Morgan fingerprint density at radius 2 is 1.82 bits per heavy atom.